The fourth-order valence-corrected chi connectivity index (χ4v) is 3.78. The number of rotatable bonds is 7. The van der Waals surface area contributed by atoms with E-state index in [9.17, 15) is 4.79 Å². The molecule has 6 nitrogen and oxygen atoms in total. The first-order valence-corrected chi connectivity index (χ1v) is 9.90. The van der Waals surface area contributed by atoms with Gasteiger partial charge in [-0.05, 0) is 17.2 Å². The van der Waals surface area contributed by atoms with Crippen molar-refractivity contribution in [1.82, 2.24) is 15.1 Å². The standard InChI is InChI=1S/C23H26N4O2.ClH/c1-27-14-19(11-25-27)20-12-24-13-21(20)23(28)26-22-10-6-5-9-18(22)16-29-15-17-7-3-2-4-8-17;/h2-11,14,20-21,24H,12-13,15-16H2,1H3,(H,26,28);1H/t20-,21+;/m1./s1. The Balaban J connectivity index is 0.00000256. The third kappa shape index (κ3) is 5.27. The Labute approximate surface area is 183 Å². The second-order valence-corrected chi connectivity index (χ2v) is 7.44. The number of halogens is 1. The van der Waals surface area contributed by atoms with E-state index in [1.807, 2.05) is 74.0 Å². The molecule has 3 aromatic rings. The fraction of sp³-hybridized carbons (Fsp3) is 0.304. The molecule has 1 saturated heterocycles. The van der Waals surface area contributed by atoms with Gasteiger partial charge in [-0.2, -0.15) is 5.10 Å². The molecule has 1 aromatic heterocycles. The molecule has 2 atom stereocenters. The van der Waals surface area contributed by atoms with Crippen molar-refractivity contribution in [2.75, 3.05) is 18.4 Å². The van der Waals surface area contributed by atoms with Gasteiger partial charge in [0.05, 0.1) is 25.3 Å². The Hall–Kier alpha value is -2.67. The number of para-hydroxylation sites is 1. The lowest BCUT2D eigenvalue weighted by Gasteiger charge is -2.18. The molecule has 1 aliphatic heterocycles. The van der Waals surface area contributed by atoms with E-state index in [1.54, 1.807) is 4.68 Å². The normalized spacial score (nSPS) is 18.0. The molecule has 30 heavy (non-hydrogen) atoms. The van der Waals surface area contributed by atoms with Gasteiger partial charge in [0.25, 0.3) is 0 Å². The van der Waals surface area contributed by atoms with Crippen LogP contribution < -0.4 is 10.6 Å². The highest BCUT2D eigenvalue weighted by molar-refractivity contribution is 5.94. The summed E-state index contributed by atoms with van der Waals surface area (Å²) in [4.78, 5) is 13.0. The van der Waals surface area contributed by atoms with Gasteiger partial charge in [0.2, 0.25) is 5.91 Å². The van der Waals surface area contributed by atoms with Crippen molar-refractivity contribution in [2.24, 2.45) is 13.0 Å². The lowest BCUT2D eigenvalue weighted by molar-refractivity contribution is -0.119. The molecule has 1 amide bonds. The first kappa shape index (κ1) is 22.0. The largest absolute Gasteiger partial charge is 0.372 e. The molecule has 0 aliphatic carbocycles. The maximum Gasteiger partial charge on any atom is 0.229 e. The van der Waals surface area contributed by atoms with Crippen LogP contribution in [0, 0.1) is 5.92 Å². The summed E-state index contributed by atoms with van der Waals surface area (Å²) in [5.74, 6) is 0.0297. The summed E-state index contributed by atoms with van der Waals surface area (Å²) < 4.78 is 7.65. The van der Waals surface area contributed by atoms with Gasteiger partial charge in [-0.25, -0.2) is 0 Å². The molecular formula is C23H27ClN4O2. The minimum atomic E-state index is -0.127. The maximum absolute atomic E-state index is 13.0. The van der Waals surface area contributed by atoms with Crippen LogP contribution in [-0.4, -0.2) is 28.8 Å². The average molecular weight is 427 g/mol. The molecule has 0 unspecified atom stereocenters. The predicted molar refractivity (Wildman–Crippen MR) is 120 cm³/mol. The van der Waals surface area contributed by atoms with Crippen LogP contribution in [-0.2, 0) is 29.8 Å². The summed E-state index contributed by atoms with van der Waals surface area (Å²) in [5.41, 5.74) is 4.01. The highest BCUT2D eigenvalue weighted by Gasteiger charge is 2.34. The number of benzene rings is 2. The smallest absolute Gasteiger partial charge is 0.229 e. The zero-order valence-electron chi connectivity index (χ0n) is 17.0. The Morgan fingerprint density at radius 1 is 1.13 bits per heavy atom. The number of amides is 1. The number of carbonyl (C=O) groups excluding carboxylic acids is 1. The Morgan fingerprint density at radius 2 is 1.90 bits per heavy atom. The first-order chi connectivity index (χ1) is 14.2. The van der Waals surface area contributed by atoms with E-state index in [4.69, 9.17) is 4.74 Å². The van der Waals surface area contributed by atoms with Gasteiger partial charge in [0.1, 0.15) is 0 Å². The molecular weight excluding hydrogens is 400 g/mol. The molecule has 0 spiro atoms. The molecule has 2 heterocycles. The lowest BCUT2D eigenvalue weighted by atomic mass is 9.90. The molecule has 0 radical (unpaired) electrons. The Kier molecular flexibility index (Phi) is 7.63. The number of carbonyl (C=O) groups is 1. The number of hydrogen-bond acceptors (Lipinski definition) is 4. The van der Waals surface area contributed by atoms with Crippen molar-refractivity contribution in [3.05, 3.63) is 83.7 Å². The summed E-state index contributed by atoms with van der Waals surface area (Å²) in [5, 5.41) is 10.7. The molecule has 0 saturated carbocycles. The summed E-state index contributed by atoms with van der Waals surface area (Å²) in [7, 11) is 1.90. The fourth-order valence-electron chi connectivity index (χ4n) is 3.78. The van der Waals surface area contributed by atoms with Crippen LogP contribution in [0.25, 0.3) is 0 Å². The number of hydrogen-bond donors (Lipinski definition) is 2. The van der Waals surface area contributed by atoms with Gasteiger partial charge in [-0.15, -0.1) is 12.4 Å². The highest BCUT2D eigenvalue weighted by atomic mass is 35.5. The van der Waals surface area contributed by atoms with Crippen molar-refractivity contribution in [2.45, 2.75) is 19.1 Å². The summed E-state index contributed by atoms with van der Waals surface area (Å²) >= 11 is 0. The van der Waals surface area contributed by atoms with Crippen molar-refractivity contribution in [3.8, 4) is 0 Å². The second-order valence-electron chi connectivity index (χ2n) is 7.44. The maximum atomic E-state index is 13.0. The van der Waals surface area contributed by atoms with E-state index in [2.05, 4.69) is 15.7 Å². The summed E-state index contributed by atoms with van der Waals surface area (Å²) in [6.45, 7) is 2.43. The second kappa shape index (κ2) is 10.4. The predicted octanol–water partition coefficient (Wildman–Crippen LogP) is 3.50. The van der Waals surface area contributed by atoms with E-state index in [-0.39, 0.29) is 30.2 Å². The number of aryl methyl sites for hydroxylation is 1. The molecule has 2 aromatic carbocycles. The van der Waals surface area contributed by atoms with Crippen LogP contribution in [0.5, 0.6) is 0 Å². The van der Waals surface area contributed by atoms with Crippen LogP contribution in [0.15, 0.2) is 67.0 Å². The molecule has 1 fully saturated rings. The van der Waals surface area contributed by atoms with Crippen LogP contribution in [0.3, 0.4) is 0 Å². The van der Waals surface area contributed by atoms with Crippen LogP contribution in [0.2, 0.25) is 0 Å². The summed E-state index contributed by atoms with van der Waals surface area (Å²) in [6.07, 6.45) is 3.84. The number of ether oxygens (including phenoxy) is 1. The number of anilines is 1. The minimum absolute atomic E-state index is 0. The molecule has 1 aliphatic rings. The Bertz CT molecular complexity index is 961. The molecule has 7 heteroatoms. The first-order valence-electron chi connectivity index (χ1n) is 9.90. The van der Waals surface area contributed by atoms with Gasteiger partial charge in [0.15, 0.2) is 0 Å². The third-order valence-electron chi connectivity index (χ3n) is 5.35. The zero-order valence-corrected chi connectivity index (χ0v) is 17.8. The quantitative estimate of drug-likeness (QED) is 0.606. The average Bonchev–Trinajstić information content (AvgIpc) is 3.39. The van der Waals surface area contributed by atoms with Crippen LogP contribution >= 0.6 is 12.4 Å². The summed E-state index contributed by atoms with van der Waals surface area (Å²) in [6, 6.07) is 17.9. The monoisotopic (exact) mass is 426 g/mol. The van der Waals surface area contributed by atoms with E-state index in [1.165, 1.54) is 0 Å². The van der Waals surface area contributed by atoms with Gasteiger partial charge < -0.3 is 15.4 Å². The third-order valence-corrected chi connectivity index (χ3v) is 5.35. The topological polar surface area (TPSA) is 68.2 Å². The van der Waals surface area contributed by atoms with Gasteiger partial charge >= 0.3 is 0 Å². The van der Waals surface area contributed by atoms with E-state index >= 15 is 0 Å². The van der Waals surface area contributed by atoms with Crippen molar-refractivity contribution >= 4 is 24.0 Å². The number of nitrogens with one attached hydrogen (secondary N) is 2. The number of nitrogens with zero attached hydrogens (tertiary/aromatic N) is 2. The van der Waals surface area contributed by atoms with E-state index in [0.29, 0.717) is 19.8 Å². The number of aromatic nitrogens is 2. The van der Waals surface area contributed by atoms with Gasteiger partial charge in [-0.1, -0.05) is 48.5 Å². The highest BCUT2D eigenvalue weighted by Crippen LogP contribution is 2.29. The molecule has 4 rings (SSSR count). The van der Waals surface area contributed by atoms with Crippen LogP contribution in [0.1, 0.15) is 22.6 Å². The molecule has 0 bridgehead atoms. The SMILES string of the molecule is Cl.Cn1cc([C@H]2CNC[C@@H]2C(=O)Nc2ccccc2COCc2ccccc2)cn1. The van der Waals surface area contributed by atoms with Crippen molar-refractivity contribution < 1.29 is 9.53 Å². The van der Waals surface area contributed by atoms with Crippen molar-refractivity contribution in [3.63, 3.8) is 0 Å². The van der Waals surface area contributed by atoms with Crippen molar-refractivity contribution in [1.29, 1.82) is 0 Å². The zero-order chi connectivity index (χ0) is 20.1. The van der Waals surface area contributed by atoms with E-state index < -0.39 is 0 Å². The lowest BCUT2D eigenvalue weighted by Crippen LogP contribution is -2.28. The van der Waals surface area contributed by atoms with Crippen LogP contribution in [0.4, 0.5) is 5.69 Å². The Morgan fingerprint density at radius 3 is 2.67 bits per heavy atom. The van der Waals surface area contributed by atoms with Gasteiger partial charge in [0, 0.05) is 43.5 Å². The minimum Gasteiger partial charge on any atom is -0.372 e. The van der Waals surface area contributed by atoms with Gasteiger partial charge in [-0.3, -0.25) is 9.48 Å². The molecule has 158 valence electrons. The molecule has 2 N–H and O–H groups in total. The van der Waals surface area contributed by atoms with E-state index in [0.717, 1.165) is 28.9 Å².